The third-order valence-corrected chi connectivity index (χ3v) is 4.11. The van der Waals surface area contributed by atoms with Gasteiger partial charge in [-0.1, -0.05) is 15.9 Å². The van der Waals surface area contributed by atoms with Crippen molar-refractivity contribution in [2.45, 2.75) is 19.9 Å². The summed E-state index contributed by atoms with van der Waals surface area (Å²) < 4.78 is 2.69. The second-order valence-corrected chi connectivity index (χ2v) is 6.66. The second-order valence-electron chi connectivity index (χ2n) is 5.74. The maximum Gasteiger partial charge on any atom is 0.336 e. The molecule has 0 bridgehead atoms. The van der Waals surface area contributed by atoms with Gasteiger partial charge in [-0.25, -0.2) is 9.78 Å². The molecular formula is C18H16BrN3O2. The Morgan fingerprint density at radius 3 is 2.75 bits per heavy atom. The molecule has 0 saturated heterocycles. The lowest BCUT2D eigenvalue weighted by molar-refractivity contribution is 0.0699. The summed E-state index contributed by atoms with van der Waals surface area (Å²) >= 11 is 3.37. The van der Waals surface area contributed by atoms with E-state index in [4.69, 9.17) is 0 Å². The van der Waals surface area contributed by atoms with Gasteiger partial charge in [0.2, 0.25) is 0 Å². The van der Waals surface area contributed by atoms with Crippen molar-refractivity contribution in [2.24, 2.45) is 0 Å². The lowest BCUT2D eigenvalue weighted by Crippen LogP contribution is -2.00. The first-order chi connectivity index (χ1) is 11.4. The Morgan fingerprint density at radius 1 is 1.29 bits per heavy atom. The molecule has 2 heterocycles. The van der Waals surface area contributed by atoms with Crippen LogP contribution in [-0.2, 0) is 0 Å². The molecule has 0 radical (unpaired) electrons. The minimum absolute atomic E-state index is 0.235. The first-order valence-corrected chi connectivity index (χ1v) is 8.29. The summed E-state index contributed by atoms with van der Waals surface area (Å²) in [4.78, 5) is 16.1. The van der Waals surface area contributed by atoms with Crippen molar-refractivity contribution in [2.75, 3.05) is 0 Å². The first-order valence-electron chi connectivity index (χ1n) is 7.50. The smallest absolute Gasteiger partial charge is 0.336 e. The summed E-state index contributed by atoms with van der Waals surface area (Å²) in [5.41, 5.74) is 2.42. The number of carbonyl (C=O) groups is 1. The number of hydrogen-bond acceptors (Lipinski definition) is 3. The van der Waals surface area contributed by atoms with E-state index in [1.165, 1.54) is 0 Å². The molecule has 122 valence electrons. The van der Waals surface area contributed by atoms with Gasteiger partial charge in [0.15, 0.2) is 0 Å². The molecule has 0 fully saturated rings. The fraction of sp³-hybridized carbons (Fsp3) is 0.167. The fourth-order valence-corrected chi connectivity index (χ4v) is 2.74. The molecule has 0 saturated carbocycles. The molecule has 0 amide bonds. The predicted octanol–water partition coefficient (Wildman–Crippen LogP) is 4.64. The first kappa shape index (κ1) is 16.4. The van der Waals surface area contributed by atoms with Gasteiger partial charge in [-0.05, 0) is 50.3 Å². The topological polar surface area (TPSA) is 68.0 Å². The van der Waals surface area contributed by atoms with Crippen LogP contribution in [-0.4, -0.2) is 25.8 Å². The van der Waals surface area contributed by atoms with Crippen LogP contribution in [0.2, 0.25) is 0 Å². The van der Waals surface area contributed by atoms with E-state index in [9.17, 15) is 9.90 Å². The number of rotatable bonds is 4. The van der Waals surface area contributed by atoms with E-state index in [1.54, 1.807) is 30.5 Å². The Balaban J connectivity index is 2.01. The lowest BCUT2D eigenvalue weighted by Gasteiger charge is -2.05. The summed E-state index contributed by atoms with van der Waals surface area (Å²) in [6.45, 7) is 4.12. The van der Waals surface area contributed by atoms with Crippen LogP contribution in [0.15, 0.2) is 41.1 Å². The van der Waals surface area contributed by atoms with Crippen LogP contribution in [0.1, 0.15) is 41.5 Å². The third-order valence-electron chi connectivity index (χ3n) is 3.62. The van der Waals surface area contributed by atoms with E-state index in [0.29, 0.717) is 22.6 Å². The summed E-state index contributed by atoms with van der Waals surface area (Å²) in [6.07, 6.45) is 7.39. The van der Waals surface area contributed by atoms with E-state index in [1.807, 2.05) is 23.0 Å². The van der Waals surface area contributed by atoms with E-state index < -0.39 is 5.97 Å². The monoisotopic (exact) mass is 385 g/mol. The Labute approximate surface area is 147 Å². The minimum atomic E-state index is -0.970. The summed E-state index contributed by atoms with van der Waals surface area (Å²) in [7, 11) is 0. The molecule has 5 nitrogen and oxygen atoms in total. The van der Waals surface area contributed by atoms with Crippen molar-refractivity contribution in [1.29, 1.82) is 0 Å². The Bertz CT molecular complexity index is 945. The molecule has 0 unspecified atom stereocenters. The number of pyridine rings is 1. The van der Waals surface area contributed by atoms with Gasteiger partial charge >= 0.3 is 5.97 Å². The minimum Gasteiger partial charge on any atom is -0.478 e. The van der Waals surface area contributed by atoms with Crippen LogP contribution < -0.4 is 0 Å². The number of nitrogens with zero attached hydrogens (tertiary/aromatic N) is 3. The third kappa shape index (κ3) is 3.38. The summed E-state index contributed by atoms with van der Waals surface area (Å²) in [5.74, 6) is -0.970. The highest BCUT2D eigenvalue weighted by molar-refractivity contribution is 9.10. The van der Waals surface area contributed by atoms with E-state index in [0.717, 1.165) is 10.0 Å². The highest BCUT2D eigenvalue weighted by Gasteiger charge is 2.11. The van der Waals surface area contributed by atoms with Crippen molar-refractivity contribution >= 4 is 45.0 Å². The zero-order chi connectivity index (χ0) is 17.3. The number of halogens is 1. The zero-order valence-corrected chi connectivity index (χ0v) is 14.9. The van der Waals surface area contributed by atoms with Crippen molar-refractivity contribution in [3.8, 4) is 0 Å². The molecule has 0 spiro atoms. The van der Waals surface area contributed by atoms with Crippen molar-refractivity contribution < 1.29 is 9.90 Å². The normalized spacial score (nSPS) is 11.7. The molecule has 1 N–H and O–H groups in total. The predicted molar refractivity (Wildman–Crippen MR) is 97.9 cm³/mol. The summed E-state index contributed by atoms with van der Waals surface area (Å²) in [5, 5.41) is 14.4. The second kappa shape index (κ2) is 6.57. The van der Waals surface area contributed by atoms with E-state index in [-0.39, 0.29) is 5.56 Å². The van der Waals surface area contributed by atoms with Gasteiger partial charge in [0.25, 0.3) is 0 Å². The van der Waals surface area contributed by atoms with Crippen LogP contribution >= 0.6 is 15.9 Å². The van der Waals surface area contributed by atoms with Gasteiger partial charge < -0.3 is 5.11 Å². The van der Waals surface area contributed by atoms with Crippen LogP contribution in [0.25, 0.3) is 23.1 Å². The van der Waals surface area contributed by atoms with Crippen LogP contribution in [0.5, 0.6) is 0 Å². The molecular weight excluding hydrogens is 370 g/mol. The Kier molecular flexibility index (Phi) is 4.49. The maximum absolute atomic E-state index is 11.6. The largest absolute Gasteiger partial charge is 0.478 e. The number of carboxylic acids is 1. The SMILES string of the molecule is CC(C)n1cc(/C=C/c2cc(C(=O)O)c3cc(Br)ccc3n2)cn1. The number of hydrogen-bond donors (Lipinski definition) is 1. The molecule has 0 aliphatic heterocycles. The fourth-order valence-electron chi connectivity index (χ4n) is 2.38. The maximum atomic E-state index is 11.6. The molecule has 24 heavy (non-hydrogen) atoms. The summed E-state index contributed by atoms with van der Waals surface area (Å²) in [6, 6.07) is 7.30. The van der Waals surface area contributed by atoms with Crippen molar-refractivity contribution in [1.82, 2.24) is 14.8 Å². The highest BCUT2D eigenvalue weighted by atomic mass is 79.9. The van der Waals surface area contributed by atoms with Gasteiger partial charge in [-0.15, -0.1) is 0 Å². The average Bonchev–Trinajstić information content (AvgIpc) is 3.01. The van der Waals surface area contributed by atoms with Crippen molar-refractivity contribution in [3.63, 3.8) is 0 Å². The van der Waals surface area contributed by atoms with Gasteiger partial charge in [-0.3, -0.25) is 4.68 Å². The van der Waals surface area contributed by atoms with E-state index >= 15 is 0 Å². The van der Waals surface area contributed by atoms with Crippen LogP contribution in [0, 0.1) is 0 Å². The molecule has 0 aliphatic rings. The number of aromatic carboxylic acids is 1. The van der Waals surface area contributed by atoms with E-state index in [2.05, 4.69) is 39.9 Å². The number of carboxylic acid groups (broad SMARTS) is 1. The van der Waals surface area contributed by atoms with Gasteiger partial charge in [0, 0.05) is 27.7 Å². The number of fused-ring (bicyclic) bond motifs is 1. The highest BCUT2D eigenvalue weighted by Crippen LogP contribution is 2.23. The number of benzene rings is 1. The van der Waals surface area contributed by atoms with Crippen LogP contribution in [0.4, 0.5) is 0 Å². The van der Waals surface area contributed by atoms with Crippen LogP contribution in [0.3, 0.4) is 0 Å². The molecule has 1 aromatic carbocycles. The molecule has 3 aromatic rings. The molecule has 2 aromatic heterocycles. The Hall–Kier alpha value is -2.47. The quantitative estimate of drug-likeness (QED) is 0.709. The molecule has 6 heteroatoms. The Morgan fingerprint density at radius 2 is 2.08 bits per heavy atom. The van der Waals surface area contributed by atoms with Gasteiger partial charge in [-0.2, -0.15) is 5.10 Å². The average molecular weight is 386 g/mol. The molecule has 0 atom stereocenters. The lowest BCUT2D eigenvalue weighted by atomic mass is 10.1. The standard InChI is InChI=1S/C18H16BrN3O2/c1-11(2)22-10-12(9-20-22)3-5-14-8-16(18(23)24)15-7-13(19)4-6-17(15)21-14/h3-11H,1-2H3,(H,23,24)/b5-3+. The van der Waals surface area contributed by atoms with Gasteiger partial charge in [0.1, 0.15) is 0 Å². The van der Waals surface area contributed by atoms with Gasteiger partial charge in [0.05, 0.1) is 23.0 Å². The molecule has 3 rings (SSSR count). The zero-order valence-electron chi connectivity index (χ0n) is 13.3. The molecule has 0 aliphatic carbocycles. The number of aromatic nitrogens is 3. The van der Waals surface area contributed by atoms with Crippen molar-refractivity contribution in [3.05, 3.63) is 58.0 Å².